The van der Waals surface area contributed by atoms with E-state index in [0.29, 0.717) is 24.5 Å². The maximum absolute atomic E-state index is 11.3. The summed E-state index contributed by atoms with van der Waals surface area (Å²) in [5.41, 5.74) is 2.26. The van der Waals surface area contributed by atoms with Gasteiger partial charge in [-0.15, -0.1) is 0 Å². The van der Waals surface area contributed by atoms with Crippen LogP contribution < -0.4 is 10.1 Å². The fraction of sp³-hybridized carbons (Fsp3) is 0.267. The van der Waals surface area contributed by atoms with E-state index in [-0.39, 0.29) is 5.97 Å². The molecule has 6 heteroatoms. The monoisotopic (exact) mass is 287 g/mol. The smallest absolute Gasteiger partial charge is 0.339 e. The number of aromatic nitrogens is 2. The first kappa shape index (κ1) is 14.9. The van der Waals surface area contributed by atoms with Crippen molar-refractivity contribution in [2.24, 2.45) is 0 Å². The lowest BCUT2D eigenvalue weighted by Crippen LogP contribution is -2.15. The highest BCUT2D eigenvalue weighted by Crippen LogP contribution is 2.13. The zero-order valence-corrected chi connectivity index (χ0v) is 12.0. The lowest BCUT2D eigenvalue weighted by Gasteiger charge is -2.08. The predicted octanol–water partition coefficient (Wildman–Crippen LogP) is 1.56. The number of nitrogens with one attached hydrogen (secondary N) is 1. The molecule has 0 aromatic carbocycles. The van der Waals surface area contributed by atoms with Crippen LogP contribution in [0.15, 0.2) is 36.7 Å². The Morgan fingerprint density at radius 2 is 2.05 bits per heavy atom. The van der Waals surface area contributed by atoms with Crippen molar-refractivity contribution in [3.8, 4) is 5.88 Å². The minimum Gasteiger partial charge on any atom is -0.481 e. The van der Waals surface area contributed by atoms with Gasteiger partial charge in [-0.05, 0) is 18.2 Å². The first-order valence-electron chi connectivity index (χ1n) is 6.46. The van der Waals surface area contributed by atoms with Crippen LogP contribution in [0.2, 0.25) is 0 Å². The van der Waals surface area contributed by atoms with Crippen molar-refractivity contribution < 1.29 is 14.3 Å². The van der Waals surface area contributed by atoms with E-state index in [2.05, 4.69) is 20.0 Å². The van der Waals surface area contributed by atoms with Gasteiger partial charge in [0.15, 0.2) is 0 Å². The molecule has 0 radical (unpaired) electrons. The van der Waals surface area contributed by atoms with Gasteiger partial charge in [0.25, 0.3) is 0 Å². The van der Waals surface area contributed by atoms with Crippen LogP contribution in [0.1, 0.15) is 21.6 Å². The van der Waals surface area contributed by atoms with Crippen LogP contribution in [-0.2, 0) is 17.8 Å². The number of methoxy groups -OCH3 is 2. The largest absolute Gasteiger partial charge is 0.481 e. The molecule has 0 saturated carbocycles. The minimum atomic E-state index is -0.387. The Bertz CT molecular complexity index is 599. The summed E-state index contributed by atoms with van der Waals surface area (Å²) in [6.07, 6.45) is 3.20. The van der Waals surface area contributed by atoms with Crippen LogP contribution in [0.5, 0.6) is 5.88 Å². The normalized spacial score (nSPS) is 10.2. The third-order valence-electron chi connectivity index (χ3n) is 2.91. The fourth-order valence-corrected chi connectivity index (χ4v) is 1.84. The van der Waals surface area contributed by atoms with Crippen LogP contribution >= 0.6 is 0 Å². The molecule has 21 heavy (non-hydrogen) atoms. The average Bonchev–Trinajstić information content (AvgIpc) is 2.55. The van der Waals surface area contributed by atoms with Gasteiger partial charge in [0.05, 0.1) is 25.5 Å². The lowest BCUT2D eigenvalue weighted by molar-refractivity contribution is 0.0600. The number of hydrogen-bond acceptors (Lipinski definition) is 6. The second kappa shape index (κ2) is 7.35. The fourth-order valence-electron chi connectivity index (χ4n) is 1.84. The van der Waals surface area contributed by atoms with Crippen LogP contribution in [0.4, 0.5) is 0 Å². The van der Waals surface area contributed by atoms with Crippen molar-refractivity contribution in [1.82, 2.24) is 15.3 Å². The van der Waals surface area contributed by atoms with E-state index in [1.165, 1.54) is 13.3 Å². The predicted molar refractivity (Wildman–Crippen MR) is 76.9 cm³/mol. The molecule has 2 rings (SSSR count). The number of carbonyl (C=O) groups excluding carboxylic acids is 1. The first-order chi connectivity index (χ1) is 10.2. The molecule has 6 nitrogen and oxygen atoms in total. The SMILES string of the molecule is COC(=O)c1ccc(CNCc2cccnc2OC)nc1. The van der Waals surface area contributed by atoms with Crippen LogP contribution in [-0.4, -0.2) is 30.2 Å². The Hall–Kier alpha value is -2.47. The number of rotatable bonds is 6. The van der Waals surface area contributed by atoms with E-state index >= 15 is 0 Å². The summed E-state index contributed by atoms with van der Waals surface area (Å²) in [5.74, 6) is 0.223. The van der Waals surface area contributed by atoms with E-state index in [1.54, 1.807) is 25.4 Å². The van der Waals surface area contributed by atoms with Crippen molar-refractivity contribution in [2.75, 3.05) is 14.2 Å². The van der Waals surface area contributed by atoms with E-state index in [9.17, 15) is 4.79 Å². The molecule has 0 saturated heterocycles. The van der Waals surface area contributed by atoms with Crippen molar-refractivity contribution >= 4 is 5.97 Å². The summed E-state index contributed by atoms with van der Waals surface area (Å²) < 4.78 is 9.81. The maximum Gasteiger partial charge on any atom is 0.339 e. The molecule has 0 aliphatic heterocycles. The Balaban J connectivity index is 1.90. The first-order valence-corrected chi connectivity index (χ1v) is 6.46. The highest BCUT2D eigenvalue weighted by molar-refractivity contribution is 5.88. The Morgan fingerprint density at radius 1 is 1.19 bits per heavy atom. The number of hydrogen-bond donors (Lipinski definition) is 1. The van der Waals surface area contributed by atoms with Crippen LogP contribution in [0, 0.1) is 0 Å². The molecule has 0 aliphatic rings. The van der Waals surface area contributed by atoms with Gasteiger partial charge in [-0.3, -0.25) is 4.98 Å². The molecule has 0 fully saturated rings. The van der Waals surface area contributed by atoms with Gasteiger partial charge >= 0.3 is 5.97 Å². The molecular formula is C15H17N3O3. The third-order valence-corrected chi connectivity index (χ3v) is 2.91. The van der Waals surface area contributed by atoms with Gasteiger partial charge in [-0.1, -0.05) is 6.07 Å². The quantitative estimate of drug-likeness (QED) is 0.813. The molecule has 0 atom stereocenters. The molecule has 0 unspecified atom stereocenters. The minimum absolute atomic E-state index is 0.387. The standard InChI is InChI=1S/C15H17N3O3/c1-20-14-11(4-3-7-17-14)8-16-10-13-6-5-12(9-18-13)15(19)21-2/h3-7,9,16H,8,10H2,1-2H3. The number of pyridine rings is 2. The molecule has 0 spiro atoms. The van der Waals surface area contributed by atoms with E-state index in [4.69, 9.17) is 4.74 Å². The number of ether oxygens (including phenoxy) is 2. The molecular weight excluding hydrogens is 270 g/mol. The molecule has 1 N–H and O–H groups in total. The summed E-state index contributed by atoms with van der Waals surface area (Å²) in [5, 5.41) is 3.26. The van der Waals surface area contributed by atoms with Gasteiger partial charge in [-0.25, -0.2) is 9.78 Å². The number of carbonyl (C=O) groups is 1. The summed E-state index contributed by atoms with van der Waals surface area (Å²) in [6, 6.07) is 7.30. The Kier molecular flexibility index (Phi) is 5.22. The van der Waals surface area contributed by atoms with Crippen molar-refractivity contribution in [1.29, 1.82) is 0 Å². The summed E-state index contributed by atoms with van der Waals surface area (Å²) in [7, 11) is 2.94. The molecule has 2 aromatic rings. The van der Waals surface area contributed by atoms with Crippen LogP contribution in [0.25, 0.3) is 0 Å². The third kappa shape index (κ3) is 4.00. The van der Waals surface area contributed by atoms with Gasteiger partial charge in [0, 0.05) is 31.0 Å². The highest BCUT2D eigenvalue weighted by Gasteiger charge is 2.06. The average molecular weight is 287 g/mol. The van der Waals surface area contributed by atoms with Crippen molar-refractivity contribution in [2.45, 2.75) is 13.1 Å². The lowest BCUT2D eigenvalue weighted by atomic mass is 10.2. The van der Waals surface area contributed by atoms with Crippen LogP contribution in [0.3, 0.4) is 0 Å². The Morgan fingerprint density at radius 3 is 2.71 bits per heavy atom. The molecule has 0 aliphatic carbocycles. The topological polar surface area (TPSA) is 73.3 Å². The zero-order valence-electron chi connectivity index (χ0n) is 12.0. The molecule has 2 aromatic heterocycles. The molecule has 0 amide bonds. The summed E-state index contributed by atoms with van der Waals surface area (Å²) in [4.78, 5) is 19.6. The van der Waals surface area contributed by atoms with Gasteiger partial charge < -0.3 is 14.8 Å². The van der Waals surface area contributed by atoms with Gasteiger partial charge in [0.1, 0.15) is 0 Å². The highest BCUT2D eigenvalue weighted by atomic mass is 16.5. The van der Waals surface area contributed by atoms with Crippen molar-refractivity contribution in [3.63, 3.8) is 0 Å². The Labute approximate surface area is 123 Å². The molecule has 0 bridgehead atoms. The van der Waals surface area contributed by atoms with Gasteiger partial charge in [0.2, 0.25) is 5.88 Å². The van der Waals surface area contributed by atoms with E-state index in [1.807, 2.05) is 12.1 Å². The molecule has 110 valence electrons. The second-order valence-corrected chi connectivity index (χ2v) is 4.31. The van der Waals surface area contributed by atoms with E-state index < -0.39 is 0 Å². The zero-order chi connectivity index (χ0) is 15.1. The summed E-state index contributed by atoms with van der Waals surface area (Å²) in [6.45, 7) is 1.21. The second-order valence-electron chi connectivity index (χ2n) is 4.31. The number of nitrogens with zero attached hydrogens (tertiary/aromatic N) is 2. The van der Waals surface area contributed by atoms with E-state index in [0.717, 1.165) is 11.3 Å². The van der Waals surface area contributed by atoms with Crippen molar-refractivity contribution in [3.05, 3.63) is 53.5 Å². The molecule has 2 heterocycles. The summed E-state index contributed by atoms with van der Waals surface area (Å²) >= 11 is 0. The van der Waals surface area contributed by atoms with Gasteiger partial charge in [-0.2, -0.15) is 0 Å². The number of esters is 1. The maximum atomic E-state index is 11.3.